The summed E-state index contributed by atoms with van der Waals surface area (Å²) in [7, 11) is 0. The Morgan fingerprint density at radius 2 is 1.79 bits per heavy atom. The Kier molecular flexibility index (Phi) is 10.3. The maximum atomic E-state index is 13.8. The van der Waals surface area contributed by atoms with E-state index in [0.29, 0.717) is 55.2 Å². The number of hydrogen-bond donors (Lipinski definition) is 4. The third-order valence-corrected chi connectivity index (χ3v) is 7.63. The fourth-order valence-corrected chi connectivity index (χ4v) is 5.26. The summed E-state index contributed by atoms with van der Waals surface area (Å²) in [5.41, 5.74) is 3.33. The van der Waals surface area contributed by atoms with Gasteiger partial charge in [-0.05, 0) is 82.5 Å². The third-order valence-electron chi connectivity index (χ3n) is 7.63. The molecule has 0 aromatic heterocycles. The fourth-order valence-electron chi connectivity index (χ4n) is 5.26. The Labute approximate surface area is 252 Å². The number of aryl methyl sites for hydroxylation is 2. The molecule has 228 valence electrons. The second-order valence-electron chi connectivity index (χ2n) is 11.0. The van der Waals surface area contributed by atoms with Crippen molar-refractivity contribution >= 4 is 34.7 Å². The van der Waals surface area contributed by atoms with E-state index in [1.807, 2.05) is 45.0 Å². The third kappa shape index (κ3) is 6.93. The molecule has 0 bridgehead atoms. The molecule has 0 saturated heterocycles. The lowest BCUT2D eigenvalue weighted by Crippen LogP contribution is -2.39. The minimum atomic E-state index is -1.27. The van der Waals surface area contributed by atoms with E-state index >= 15 is 0 Å². The van der Waals surface area contributed by atoms with Crippen molar-refractivity contribution in [2.45, 2.75) is 40.5 Å². The van der Waals surface area contributed by atoms with E-state index in [9.17, 15) is 24.6 Å². The number of aliphatic hydroxyl groups is 2. The van der Waals surface area contributed by atoms with Crippen LogP contribution in [-0.2, 0) is 14.3 Å². The van der Waals surface area contributed by atoms with Crippen LogP contribution in [0.1, 0.15) is 48.2 Å². The Bertz CT molecular complexity index is 1490. The molecule has 1 aliphatic carbocycles. The lowest BCUT2D eigenvalue weighted by atomic mass is 9.78. The molecule has 0 fully saturated rings. The zero-order valence-electron chi connectivity index (χ0n) is 25.2. The first-order chi connectivity index (χ1) is 20.6. The van der Waals surface area contributed by atoms with Gasteiger partial charge in [0.25, 0.3) is 5.91 Å². The van der Waals surface area contributed by atoms with Gasteiger partial charge in [-0.1, -0.05) is 17.7 Å². The largest absolute Gasteiger partial charge is 0.396 e. The molecule has 0 spiro atoms. The second kappa shape index (κ2) is 13.9. The Balaban J connectivity index is 1.76. The van der Waals surface area contributed by atoms with Crippen LogP contribution >= 0.6 is 0 Å². The molecule has 0 radical (unpaired) electrons. The molecule has 2 amide bonds. The summed E-state index contributed by atoms with van der Waals surface area (Å²) < 4.78 is 5.62. The van der Waals surface area contributed by atoms with E-state index in [1.165, 1.54) is 6.08 Å². The quantitative estimate of drug-likeness (QED) is 0.263. The zero-order valence-corrected chi connectivity index (χ0v) is 25.2. The van der Waals surface area contributed by atoms with Crippen LogP contribution in [0.5, 0.6) is 0 Å². The molecule has 43 heavy (non-hydrogen) atoms. The lowest BCUT2D eigenvalue weighted by Gasteiger charge is -2.26. The van der Waals surface area contributed by atoms with Gasteiger partial charge in [-0.2, -0.15) is 0 Å². The number of hydrogen-bond acceptors (Lipinski definition) is 8. The minimum Gasteiger partial charge on any atom is -0.396 e. The molecule has 1 unspecified atom stereocenters. The molecule has 10 heteroatoms. The number of carbonyl (C=O) groups is 3. The van der Waals surface area contributed by atoms with Gasteiger partial charge >= 0.3 is 0 Å². The smallest absolute Gasteiger partial charge is 0.255 e. The van der Waals surface area contributed by atoms with Gasteiger partial charge in [0.1, 0.15) is 5.41 Å². The van der Waals surface area contributed by atoms with Crippen molar-refractivity contribution < 1.29 is 29.3 Å². The number of allylic oxidation sites excluding steroid dienone is 2. The monoisotopic (exact) mass is 588 g/mol. The number of rotatable bonds is 13. The summed E-state index contributed by atoms with van der Waals surface area (Å²) in [6.45, 7) is 9.05. The van der Waals surface area contributed by atoms with E-state index in [-0.39, 0.29) is 37.0 Å². The van der Waals surface area contributed by atoms with Crippen molar-refractivity contribution in [1.29, 1.82) is 0 Å². The van der Waals surface area contributed by atoms with Crippen LogP contribution in [-0.4, -0.2) is 73.0 Å². The van der Waals surface area contributed by atoms with E-state index in [4.69, 9.17) is 9.73 Å². The number of nitrogens with one attached hydrogen (secondary N) is 2. The molecule has 1 atom stereocenters. The van der Waals surface area contributed by atoms with E-state index in [2.05, 4.69) is 15.5 Å². The van der Waals surface area contributed by atoms with Gasteiger partial charge in [-0.15, -0.1) is 0 Å². The SMILES string of the molecule is CCOCC1(C)C(=O)NC2=C1C(=O)C(NC(=O)c1cccc(C)c1)=CC2=Nc1ccc(N(CCCO)CCCO)cc1C. The van der Waals surface area contributed by atoms with Gasteiger partial charge in [0.2, 0.25) is 11.7 Å². The fraction of sp³-hybridized carbons (Fsp3) is 0.394. The molecule has 4 N–H and O–H groups in total. The van der Waals surface area contributed by atoms with Crippen molar-refractivity contribution in [2.24, 2.45) is 10.4 Å². The van der Waals surface area contributed by atoms with Crippen molar-refractivity contribution in [1.82, 2.24) is 10.6 Å². The van der Waals surface area contributed by atoms with Crippen molar-refractivity contribution in [2.75, 3.05) is 44.4 Å². The predicted molar refractivity (Wildman–Crippen MR) is 165 cm³/mol. The summed E-state index contributed by atoms with van der Waals surface area (Å²) in [6.07, 6.45) is 2.70. The highest BCUT2D eigenvalue weighted by Gasteiger charge is 2.51. The molecular weight excluding hydrogens is 548 g/mol. The molecule has 2 aliphatic rings. The van der Waals surface area contributed by atoms with Gasteiger partial charge in [-0.25, -0.2) is 4.99 Å². The Hall–Kier alpha value is -4.12. The highest BCUT2D eigenvalue weighted by atomic mass is 16.5. The topological polar surface area (TPSA) is 141 Å². The molecule has 4 rings (SSSR count). The second-order valence-corrected chi connectivity index (χ2v) is 11.0. The highest BCUT2D eigenvalue weighted by molar-refractivity contribution is 6.30. The van der Waals surface area contributed by atoms with Gasteiger partial charge in [0, 0.05) is 49.7 Å². The van der Waals surface area contributed by atoms with Gasteiger partial charge < -0.3 is 30.5 Å². The van der Waals surface area contributed by atoms with Crippen LogP contribution in [0.3, 0.4) is 0 Å². The molecule has 2 aromatic rings. The molecular formula is C33H40N4O6. The van der Waals surface area contributed by atoms with Crippen LogP contribution in [0.4, 0.5) is 11.4 Å². The Morgan fingerprint density at radius 1 is 1.07 bits per heavy atom. The van der Waals surface area contributed by atoms with Crippen LogP contribution in [0.15, 0.2) is 70.5 Å². The van der Waals surface area contributed by atoms with Crippen molar-refractivity contribution in [3.05, 3.63) is 82.2 Å². The number of aliphatic imine (C=N–C) groups is 1. The van der Waals surface area contributed by atoms with Crippen LogP contribution in [0, 0.1) is 19.3 Å². The molecule has 1 heterocycles. The zero-order chi connectivity index (χ0) is 31.1. The number of ketones is 1. The van der Waals surface area contributed by atoms with Crippen molar-refractivity contribution in [3.8, 4) is 0 Å². The van der Waals surface area contributed by atoms with Crippen LogP contribution in [0.25, 0.3) is 0 Å². The Morgan fingerprint density at radius 3 is 2.42 bits per heavy atom. The molecule has 10 nitrogen and oxygen atoms in total. The highest BCUT2D eigenvalue weighted by Crippen LogP contribution is 2.40. The number of Topliss-reactive ketones (excluding diaryl/α,β-unsaturated/α-hetero) is 1. The summed E-state index contributed by atoms with van der Waals surface area (Å²) in [4.78, 5) is 47.2. The molecule has 1 aliphatic heterocycles. The van der Waals surface area contributed by atoms with Gasteiger partial charge in [0.15, 0.2) is 0 Å². The first-order valence-corrected chi connectivity index (χ1v) is 14.6. The van der Waals surface area contributed by atoms with E-state index < -0.39 is 17.1 Å². The molecule has 0 saturated carbocycles. The number of anilines is 1. The number of aliphatic hydroxyl groups excluding tert-OH is 2. The van der Waals surface area contributed by atoms with E-state index in [0.717, 1.165) is 16.8 Å². The van der Waals surface area contributed by atoms with Gasteiger partial charge in [-0.3, -0.25) is 14.4 Å². The number of benzene rings is 2. The van der Waals surface area contributed by atoms with Gasteiger partial charge in [0.05, 0.1) is 29.4 Å². The van der Waals surface area contributed by atoms with Crippen molar-refractivity contribution in [3.63, 3.8) is 0 Å². The summed E-state index contributed by atoms with van der Waals surface area (Å²) in [6, 6.07) is 12.8. The first-order valence-electron chi connectivity index (χ1n) is 14.6. The first kappa shape index (κ1) is 31.8. The minimum absolute atomic E-state index is 0.00245. The maximum Gasteiger partial charge on any atom is 0.255 e. The maximum absolute atomic E-state index is 13.8. The van der Waals surface area contributed by atoms with Crippen LogP contribution < -0.4 is 15.5 Å². The number of nitrogens with zero attached hydrogens (tertiary/aromatic N) is 2. The number of carbonyl (C=O) groups excluding carboxylic acids is 3. The average molecular weight is 589 g/mol. The predicted octanol–water partition coefficient (Wildman–Crippen LogP) is 3.27. The normalized spacial score (nSPS) is 18.9. The lowest BCUT2D eigenvalue weighted by molar-refractivity contribution is -0.130. The number of amides is 2. The van der Waals surface area contributed by atoms with Crippen LogP contribution in [0.2, 0.25) is 0 Å². The number of ether oxygens (including phenoxy) is 1. The summed E-state index contributed by atoms with van der Waals surface area (Å²) >= 11 is 0. The summed E-state index contributed by atoms with van der Waals surface area (Å²) in [5.74, 6) is -1.28. The standard InChI is InChI=1S/C33H40N4O6/c1-5-43-20-33(4)28-29(36-32(33)42)26(19-27(30(28)40)35-31(41)23-10-6-9-21(2)17-23)34-25-12-11-24(18-22(25)3)37(13-7-15-38)14-8-16-39/h6,9-12,17-19,38-39H,5,7-8,13-16,20H2,1-4H3,(H,35,41)(H,36,42). The average Bonchev–Trinajstić information content (AvgIpc) is 3.25. The van der Waals surface area contributed by atoms with E-state index in [1.54, 1.807) is 25.1 Å². The summed E-state index contributed by atoms with van der Waals surface area (Å²) in [5, 5.41) is 24.3. The molecule has 2 aromatic carbocycles.